The summed E-state index contributed by atoms with van der Waals surface area (Å²) in [6, 6.07) is 1.78. The van der Waals surface area contributed by atoms with Crippen LogP contribution in [0.1, 0.15) is 53.2 Å². The van der Waals surface area contributed by atoms with Gasteiger partial charge in [-0.2, -0.15) is 0 Å². The molecular formula is C17H29N3O3. The lowest BCUT2D eigenvalue weighted by atomic mass is 9.92. The van der Waals surface area contributed by atoms with Crippen LogP contribution >= 0.6 is 0 Å². The van der Waals surface area contributed by atoms with E-state index >= 15 is 0 Å². The van der Waals surface area contributed by atoms with Crippen molar-refractivity contribution in [3.63, 3.8) is 0 Å². The molecule has 0 aromatic carbocycles. The van der Waals surface area contributed by atoms with Crippen LogP contribution < -0.4 is 10.6 Å². The molecule has 0 saturated carbocycles. The molecule has 2 rings (SSSR count). The number of amides is 1. The van der Waals surface area contributed by atoms with E-state index in [2.05, 4.69) is 36.6 Å². The molecule has 130 valence electrons. The minimum absolute atomic E-state index is 0.108. The maximum atomic E-state index is 12.5. The minimum Gasteiger partial charge on any atom is -0.381 e. The van der Waals surface area contributed by atoms with Crippen LogP contribution in [-0.4, -0.2) is 36.4 Å². The summed E-state index contributed by atoms with van der Waals surface area (Å²) in [6.45, 7) is 12.3. The Morgan fingerprint density at radius 1 is 1.26 bits per heavy atom. The van der Waals surface area contributed by atoms with Gasteiger partial charge in [0.1, 0.15) is 0 Å². The van der Waals surface area contributed by atoms with E-state index in [-0.39, 0.29) is 11.3 Å². The molecule has 23 heavy (non-hydrogen) atoms. The topological polar surface area (TPSA) is 76.4 Å². The third-order valence-electron chi connectivity index (χ3n) is 4.26. The number of nitrogens with one attached hydrogen (secondary N) is 2. The van der Waals surface area contributed by atoms with Gasteiger partial charge in [0, 0.05) is 24.7 Å². The lowest BCUT2D eigenvalue weighted by molar-refractivity contribution is -0.121. The van der Waals surface area contributed by atoms with Crippen LogP contribution in [0.4, 0.5) is 5.88 Å². The summed E-state index contributed by atoms with van der Waals surface area (Å²) >= 11 is 0. The van der Waals surface area contributed by atoms with Crippen LogP contribution in [0.5, 0.6) is 0 Å². The van der Waals surface area contributed by atoms with Crippen LogP contribution in [0.25, 0.3) is 0 Å². The maximum Gasteiger partial charge on any atom is 0.246 e. The fourth-order valence-electron chi connectivity index (χ4n) is 2.39. The molecule has 1 aliphatic heterocycles. The predicted molar refractivity (Wildman–Crippen MR) is 89.5 cm³/mol. The predicted octanol–water partition coefficient (Wildman–Crippen LogP) is 2.71. The SMILES string of the molecule is CC(C)(NCC1CCOCC1)C(=O)Nc1cc(C(C)(C)C)no1. The van der Waals surface area contributed by atoms with Gasteiger partial charge in [-0.1, -0.05) is 25.9 Å². The van der Waals surface area contributed by atoms with Crippen molar-refractivity contribution in [1.29, 1.82) is 0 Å². The Bertz CT molecular complexity index is 525. The maximum absolute atomic E-state index is 12.5. The van der Waals surface area contributed by atoms with Crippen LogP contribution in [-0.2, 0) is 14.9 Å². The standard InChI is InChI=1S/C17H29N3O3/c1-16(2,3)13-10-14(23-20-13)19-15(21)17(4,5)18-11-12-6-8-22-9-7-12/h10,12,18H,6-9,11H2,1-5H3,(H,19,21). The second kappa shape index (κ2) is 7.01. The monoisotopic (exact) mass is 323 g/mol. The highest BCUT2D eigenvalue weighted by Gasteiger charge is 2.30. The lowest BCUT2D eigenvalue weighted by Crippen LogP contribution is -2.51. The molecule has 0 atom stereocenters. The number of hydrogen-bond donors (Lipinski definition) is 2. The summed E-state index contributed by atoms with van der Waals surface area (Å²) in [4.78, 5) is 12.5. The largest absolute Gasteiger partial charge is 0.381 e. The third kappa shape index (κ3) is 5.04. The molecule has 2 heterocycles. The zero-order valence-corrected chi connectivity index (χ0v) is 14.9. The highest BCUT2D eigenvalue weighted by Crippen LogP contribution is 2.24. The molecular weight excluding hydrogens is 294 g/mol. The summed E-state index contributed by atoms with van der Waals surface area (Å²) in [5, 5.41) is 10.2. The summed E-state index contributed by atoms with van der Waals surface area (Å²) in [5.74, 6) is 0.829. The van der Waals surface area contributed by atoms with Gasteiger partial charge in [-0.25, -0.2) is 0 Å². The fraction of sp³-hybridized carbons (Fsp3) is 0.765. The van der Waals surface area contributed by atoms with Crippen molar-refractivity contribution in [3.8, 4) is 0 Å². The lowest BCUT2D eigenvalue weighted by Gasteiger charge is -2.29. The number of anilines is 1. The quantitative estimate of drug-likeness (QED) is 0.871. The van der Waals surface area contributed by atoms with E-state index in [1.54, 1.807) is 6.07 Å². The van der Waals surface area contributed by atoms with Gasteiger partial charge in [0.2, 0.25) is 11.8 Å². The molecule has 0 unspecified atom stereocenters. The zero-order valence-electron chi connectivity index (χ0n) is 14.9. The fourth-order valence-corrected chi connectivity index (χ4v) is 2.39. The van der Waals surface area contributed by atoms with Crippen molar-refractivity contribution < 1.29 is 14.1 Å². The van der Waals surface area contributed by atoms with E-state index in [4.69, 9.17) is 9.26 Å². The zero-order chi connectivity index (χ0) is 17.1. The average Bonchev–Trinajstić information content (AvgIpc) is 2.95. The number of carbonyl (C=O) groups excluding carboxylic acids is 1. The van der Waals surface area contributed by atoms with Gasteiger partial charge in [0.05, 0.1) is 11.2 Å². The Balaban J connectivity index is 1.88. The molecule has 0 spiro atoms. The number of ether oxygens (including phenoxy) is 1. The molecule has 6 heteroatoms. The van der Waals surface area contributed by atoms with Crippen molar-refractivity contribution >= 4 is 11.8 Å². The van der Waals surface area contributed by atoms with Gasteiger partial charge >= 0.3 is 0 Å². The van der Waals surface area contributed by atoms with Crippen molar-refractivity contribution in [2.24, 2.45) is 5.92 Å². The third-order valence-corrected chi connectivity index (χ3v) is 4.26. The van der Waals surface area contributed by atoms with Gasteiger partial charge in [-0.05, 0) is 39.2 Å². The second-order valence-electron chi connectivity index (χ2n) is 7.84. The number of rotatable bonds is 5. The average molecular weight is 323 g/mol. The Kier molecular flexibility index (Phi) is 5.47. The number of carbonyl (C=O) groups is 1. The van der Waals surface area contributed by atoms with Crippen molar-refractivity contribution in [1.82, 2.24) is 10.5 Å². The molecule has 2 N–H and O–H groups in total. The molecule has 1 aromatic rings. The Morgan fingerprint density at radius 2 is 1.91 bits per heavy atom. The highest BCUT2D eigenvalue weighted by atomic mass is 16.5. The molecule has 1 saturated heterocycles. The van der Waals surface area contributed by atoms with E-state index in [9.17, 15) is 4.79 Å². The molecule has 0 aliphatic carbocycles. The first-order valence-electron chi connectivity index (χ1n) is 8.30. The van der Waals surface area contributed by atoms with Gasteiger partial charge in [0.25, 0.3) is 0 Å². The summed E-state index contributed by atoms with van der Waals surface area (Å²) in [5.41, 5.74) is 0.0387. The number of nitrogens with zero attached hydrogens (tertiary/aromatic N) is 1. The number of hydrogen-bond acceptors (Lipinski definition) is 5. The molecule has 6 nitrogen and oxygen atoms in total. The first-order chi connectivity index (χ1) is 10.7. The molecule has 0 bridgehead atoms. The summed E-state index contributed by atoms with van der Waals surface area (Å²) in [7, 11) is 0. The van der Waals surface area contributed by atoms with E-state index in [0.29, 0.717) is 11.8 Å². The number of aromatic nitrogens is 1. The van der Waals surface area contributed by atoms with Crippen molar-refractivity contribution in [3.05, 3.63) is 11.8 Å². The van der Waals surface area contributed by atoms with Crippen LogP contribution in [0, 0.1) is 5.92 Å². The Morgan fingerprint density at radius 3 is 2.48 bits per heavy atom. The van der Waals surface area contributed by atoms with Crippen LogP contribution in [0.3, 0.4) is 0 Å². The molecule has 1 fully saturated rings. The van der Waals surface area contributed by atoms with Crippen molar-refractivity contribution in [2.75, 3.05) is 25.1 Å². The van der Waals surface area contributed by atoms with Gasteiger partial charge in [-0.3, -0.25) is 10.1 Å². The minimum atomic E-state index is -0.674. The van der Waals surface area contributed by atoms with Crippen LogP contribution in [0.15, 0.2) is 10.6 Å². The smallest absolute Gasteiger partial charge is 0.246 e. The Hall–Kier alpha value is -1.40. The van der Waals surface area contributed by atoms with E-state index in [1.807, 2.05) is 13.8 Å². The second-order valence-corrected chi connectivity index (χ2v) is 7.84. The molecule has 0 radical (unpaired) electrons. The Labute approximate surface area is 138 Å². The molecule has 1 amide bonds. The van der Waals surface area contributed by atoms with E-state index in [0.717, 1.165) is 38.3 Å². The summed E-state index contributed by atoms with van der Waals surface area (Å²) < 4.78 is 10.6. The summed E-state index contributed by atoms with van der Waals surface area (Å²) in [6.07, 6.45) is 2.09. The van der Waals surface area contributed by atoms with Gasteiger partial charge in [-0.15, -0.1) is 0 Å². The van der Waals surface area contributed by atoms with Gasteiger partial charge < -0.3 is 14.6 Å². The van der Waals surface area contributed by atoms with Gasteiger partial charge in [0.15, 0.2) is 0 Å². The molecule has 1 aromatic heterocycles. The van der Waals surface area contributed by atoms with E-state index in [1.165, 1.54) is 0 Å². The normalized spacial score (nSPS) is 17.3. The first kappa shape index (κ1) is 17.9. The first-order valence-corrected chi connectivity index (χ1v) is 8.30. The highest BCUT2D eigenvalue weighted by molar-refractivity contribution is 5.96. The van der Waals surface area contributed by atoms with Crippen molar-refractivity contribution in [2.45, 2.75) is 58.4 Å². The van der Waals surface area contributed by atoms with E-state index < -0.39 is 5.54 Å². The van der Waals surface area contributed by atoms with Crippen LogP contribution in [0.2, 0.25) is 0 Å². The molecule has 1 aliphatic rings.